The largest absolute Gasteiger partial charge is 0.370 e. The molecule has 1 aliphatic heterocycles. The van der Waals surface area contributed by atoms with Gasteiger partial charge in [0.15, 0.2) is 0 Å². The van der Waals surface area contributed by atoms with Crippen LogP contribution in [0.2, 0.25) is 0 Å². The lowest BCUT2D eigenvalue weighted by Crippen LogP contribution is -2.49. The molecule has 2 aromatic heterocycles. The van der Waals surface area contributed by atoms with E-state index >= 15 is 0 Å². The van der Waals surface area contributed by atoms with Crippen molar-refractivity contribution in [3.8, 4) is 0 Å². The molecular formula is C21H28N4OS3. The van der Waals surface area contributed by atoms with E-state index in [-0.39, 0.29) is 11.9 Å². The van der Waals surface area contributed by atoms with Crippen molar-refractivity contribution in [2.45, 2.75) is 49.7 Å². The minimum atomic E-state index is -0.229. The first-order valence-electron chi connectivity index (χ1n) is 9.88. The number of pyridine rings is 1. The zero-order chi connectivity index (χ0) is 20.6. The minimum Gasteiger partial charge on any atom is -0.370 e. The lowest BCUT2D eigenvalue weighted by molar-refractivity contribution is -0.119. The summed E-state index contributed by atoms with van der Waals surface area (Å²) in [4.78, 5) is 22.3. The van der Waals surface area contributed by atoms with Crippen molar-refractivity contribution in [1.82, 2.24) is 14.8 Å². The Labute approximate surface area is 186 Å². The molecule has 2 N–H and O–H groups in total. The Hall–Kier alpha value is -1.48. The van der Waals surface area contributed by atoms with Crippen LogP contribution in [-0.4, -0.2) is 56.6 Å². The van der Waals surface area contributed by atoms with Crippen LogP contribution in [-0.2, 0) is 11.3 Å². The fraction of sp³-hybridized carbons (Fsp3) is 0.476. The molecule has 156 valence electrons. The molecule has 1 unspecified atom stereocenters. The number of hydrogen-bond donors (Lipinski definition) is 1. The van der Waals surface area contributed by atoms with Gasteiger partial charge in [-0.25, -0.2) is 0 Å². The summed E-state index contributed by atoms with van der Waals surface area (Å²) in [5, 5.41) is 4.33. The quantitative estimate of drug-likeness (QED) is 0.465. The Morgan fingerprint density at radius 3 is 2.72 bits per heavy atom. The van der Waals surface area contributed by atoms with Crippen molar-refractivity contribution in [1.29, 1.82) is 0 Å². The summed E-state index contributed by atoms with van der Waals surface area (Å²) in [5.41, 5.74) is 6.69. The van der Waals surface area contributed by atoms with Crippen molar-refractivity contribution in [2.24, 2.45) is 5.73 Å². The first-order chi connectivity index (χ1) is 14.0. The molecule has 0 saturated carbocycles. The van der Waals surface area contributed by atoms with Crippen LogP contribution in [0.25, 0.3) is 0 Å². The SMILES string of the molecule is CC(CC(N)=O)N1CCC(N(Cc2ccsc2)C(=S)CSc2ccncc2)CC1. The van der Waals surface area contributed by atoms with E-state index in [1.54, 1.807) is 23.1 Å². The summed E-state index contributed by atoms with van der Waals surface area (Å²) in [5.74, 6) is 0.565. The summed E-state index contributed by atoms with van der Waals surface area (Å²) in [6.07, 6.45) is 6.15. The third-order valence-corrected chi connectivity index (χ3v) is 7.64. The molecule has 3 rings (SSSR count). The van der Waals surface area contributed by atoms with Crippen LogP contribution in [0.1, 0.15) is 31.7 Å². The number of primary amides is 1. The fourth-order valence-corrected chi connectivity index (χ4v) is 5.54. The average molecular weight is 449 g/mol. The summed E-state index contributed by atoms with van der Waals surface area (Å²) >= 11 is 9.37. The number of piperidine rings is 1. The van der Waals surface area contributed by atoms with Crippen molar-refractivity contribution < 1.29 is 4.79 Å². The van der Waals surface area contributed by atoms with Gasteiger partial charge in [0.1, 0.15) is 0 Å². The molecule has 1 aliphatic rings. The standard InChI is InChI=1S/C21H28N4OS3/c1-16(12-20(22)26)24-9-4-18(5-10-24)25(13-17-6-11-28-14-17)21(27)15-29-19-2-7-23-8-3-19/h2-3,6-8,11,14,16,18H,4-5,9-10,12-13,15H2,1H3,(H2,22,26). The number of thiophene rings is 1. The normalized spacial score (nSPS) is 16.4. The zero-order valence-corrected chi connectivity index (χ0v) is 19.1. The monoisotopic (exact) mass is 448 g/mol. The molecule has 1 amide bonds. The first-order valence-corrected chi connectivity index (χ1v) is 12.2. The van der Waals surface area contributed by atoms with Gasteiger partial charge in [-0.15, -0.1) is 11.8 Å². The molecule has 1 fully saturated rings. The second kappa shape index (κ2) is 11.1. The Morgan fingerprint density at radius 1 is 1.38 bits per heavy atom. The van der Waals surface area contributed by atoms with Gasteiger partial charge in [-0.2, -0.15) is 11.3 Å². The Balaban J connectivity index is 1.61. The van der Waals surface area contributed by atoms with E-state index in [2.05, 4.69) is 38.5 Å². The molecule has 8 heteroatoms. The van der Waals surface area contributed by atoms with Crippen LogP contribution in [0.4, 0.5) is 0 Å². The van der Waals surface area contributed by atoms with Gasteiger partial charge >= 0.3 is 0 Å². The van der Waals surface area contributed by atoms with Crippen LogP contribution in [0, 0.1) is 0 Å². The number of thioether (sulfide) groups is 1. The highest BCUT2D eigenvalue weighted by molar-refractivity contribution is 8.01. The molecule has 1 atom stereocenters. The van der Waals surface area contributed by atoms with E-state index in [0.717, 1.165) is 43.2 Å². The van der Waals surface area contributed by atoms with E-state index in [9.17, 15) is 4.79 Å². The van der Waals surface area contributed by atoms with Crippen LogP contribution in [0.15, 0.2) is 46.2 Å². The molecular weight excluding hydrogens is 420 g/mol. The lowest BCUT2D eigenvalue weighted by atomic mass is 10.00. The third-order valence-electron chi connectivity index (χ3n) is 5.33. The van der Waals surface area contributed by atoms with Gasteiger partial charge in [0, 0.05) is 61.2 Å². The smallest absolute Gasteiger partial charge is 0.218 e. The Bertz CT molecular complexity index is 776. The number of carbonyl (C=O) groups is 1. The summed E-state index contributed by atoms with van der Waals surface area (Å²) in [6, 6.07) is 6.86. The van der Waals surface area contributed by atoms with E-state index < -0.39 is 0 Å². The van der Waals surface area contributed by atoms with Gasteiger partial charge in [-0.1, -0.05) is 12.2 Å². The number of aromatic nitrogens is 1. The maximum absolute atomic E-state index is 11.2. The molecule has 0 radical (unpaired) electrons. The molecule has 5 nitrogen and oxygen atoms in total. The van der Waals surface area contributed by atoms with Crippen LogP contribution in [0.3, 0.4) is 0 Å². The Morgan fingerprint density at radius 2 is 2.10 bits per heavy atom. The molecule has 3 heterocycles. The van der Waals surface area contributed by atoms with E-state index in [1.165, 1.54) is 10.5 Å². The predicted molar refractivity (Wildman–Crippen MR) is 125 cm³/mol. The number of nitrogens with two attached hydrogens (primary N) is 1. The molecule has 0 aliphatic carbocycles. The van der Waals surface area contributed by atoms with Crippen molar-refractivity contribution in [3.05, 3.63) is 46.9 Å². The second-order valence-electron chi connectivity index (χ2n) is 7.41. The maximum atomic E-state index is 11.2. The van der Waals surface area contributed by atoms with Gasteiger partial charge in [0.2, 0.25) is 5.91 Å². The van der Waals surface area contributed by atoms with Crippen LogP contribution >= 0.6 is 35.3 Å². The molecule has 0 bridgehead atoms. The zero-order valence-electron chi connectivity index (χ0n) is 16.7. The number of nitrogens with zero attached hydrogens (tertiary/aromatic N) is 3. The number of carbonyl (C=O) groups excluding carboxylic acids is 1. The molecule has 0 spiro atoms. The number of thiocarbonyl (C=S) groups is 1. The number of likely N-dealkylation sites (tertiary alicyclic amines) is 1. The van der Waals surface area contributed by atoms with Gasteiger partial charge < -0.3 is 10.6 Å². The average Bonchev–Trinajstić information content (AvgIpc) is 3.24. The summed E-state index contributed by atoms with van der Waals surface area (Å²) in [6.45, 7) is 4.89. The highest BCUT2D eigenvalue weighted by atomic mass is 32.2. The first kappa shape index (κ1) is 22.2. The highest BCUT2D eigenvalue weighted by Crippen LogP contribution is 2.25. The topological polar surface area (TPSA) is 62.5 Å². The summed E-state index contributed by atoms with van der Waals surface area (Å²) in [7, 11) is 0. The third kappa shape index (κ3) is 6.77. The van der Waals surface area contributed by atoms with Crippen molar-refractivity contribution in [3.63, 3.8) is 0 Å². The molecule has 0 aromatic carbocycles. The molecule has 1 saturated heterocycles. The van der Waals surface area contributed by atoms with Crippen LogP contribution < -0.4 is 5.73 Å². The number of hydrogen-bond acceptors (Lipinski definition) is 6. The van der Waals surface area contributed by atoms with Gasteiger partial charge in [0.05, 0.1) is 4.99 Å². The number of amides is 1. The van der Waals surface area contributed by atoms with Gasteiger partial charge in [-0.05, 0) is 54.3 Å². The minimum absolute atomic E-state index is 0.202. The van der Waals surface area contributed by atoms with Crippen molar-refractivity contribution in [2.75, 3.05) is 18.8 Å². The number of rotatable bonds is 9. The fourth-order valence-electron chi connectivity index (χ4n) is 3.72. The highest BCUT2D eigenvalue weighted by Gasteiger charge is 2.28. The van der Waals surface area contributed by atoms with Gasteiger partial charge in [-0.3, -0.25) is 14.7 Å². The summed E-state index contributed by atoms with van der Waals surface area (Å²) < 4.78 is 0. The second-order valence-corrected chi connectivity index (χ2v) is 9.71. The van der Waals surface area contributed by atoms with Crippen LogP contribution in [0.5, 0.6) is 0 Å². The predicted octanol–water partition coefficient (Wildman–Crippen LogP) is 3.79. The van der Waals surface area contributed by atoms with E-state index in [0.29, 0.717) is 12.5 Å². The molecule has 29 heavy (non-hydrogen) atoms. The lowest BCUT2D eigenvalue weighted by Gasteiger charge is -2.41. The van der Waals surface area contributed by atoms with Crippen molar-refractivity contribution >= 4 is 46.2 Å². The maximum Gasteiger partial charge on any atom is 0.218 e. The Kier molecular flexibility index (Phi) is 8.47. The van der Waals surface area contributed by atoms with E-state index in [4.69, 9.17) is 18.0 Å². The van der Waals surface area contributed by atoms with Gasteiger partial charge in [0.25, 0.3) is 0 Å². The molecule has 2 aromatic rings. The van der Waals surface area contributed by atoms with E-state index in [1.807, 2.05) is 24.5 Å².